The van der Waals surface area contributed by atoms with E-state index < -0.39 is 0 Å². The molecular formula is C32H46N6O2S. The van der Waals surface area contributed by atoms with E-state index in [1.165, 1.54) is 47.8 Å². The van der Waals surface area contributed by atoms with Gasteiger partial charge in [0.05, 0.1) is 31.3 Å². The Morgan fingerprint density at radius 3 is 2.90 bits per heavy atom. The van der Waals surface area contributed by atoms with Gasteiger partial charge in [0.1, 0.15) is 0 Å². The summed E-state index contributed by atoms with van der Waals surface area (Å²) in [5.74, 6) is 0.367. The number of carbonyl (C=O) groups excluding carboxylic acids is 1. The third-order valence-corrected chi connectivity index (χ3v) is 12.0. The van der Waals surface area contributed by atoms with Gasteiger partial charge in [-0.05, 0) is 83.2 Å². The van der Waals surface area contributed by atoms with Crippen molar-refractivity contribution in [3.05, 3.63) is 42.0 Å². The highest BCUT2D eigenvalue weighted by Gasteiger charge is 2.50. The Morgan fingerprint density at radius 2 is 2.12 bits per heavy atom. The van der Waals surface area contributed by atoms with Crippen LogP contribution in [0.3, 0.4) is 0 Å². The summed E-state index contributed by atoms with van der Waals surface area (Å²) in [6.07, 6.45) is 9.95. The maximum Gasteiger partial charge on any atom is 0.246 e. The smallest absolute Gasteiger partial charge is 0.246 e. The molecule has 1 saturated carbocycles. The zero-order chi connectivity index (χ0) is 28.6. The summed E-state index contributed by atoms with van der Waals surface area (Å²) in [5.41, 5.74) is 2.86. The van der Waals surface area contributed by atoms with Crippen molar-refractivity contribution in [2.45, 2.75) is 98.6 Å². The van der Waals surface area contributed by atoms with Crippen LogP contribution in [0.15, 0.2) is 35.7 Å². The highest BCUT2D eigenvalue weighted by molar-refractivity contribution is 8.00. The van der Waals surface area contributed by atoms with E-state index in [0.29, 0.717) is 37.5 Å². The minimum atomic E-state index is -0.212. The van der Waals surface area contributed by atoms with E-state index in [1.54, 1.807) is 0 Å². The Balaban J connectivity index is 1.20. The van der Waals surface area contributed by atoms with Gasteiger partial charge >= 0.3 is 0 Å². The molecule has 4 fully saturated rings. The van der Waals surface area contributed by atoms with E-state index in [1.807, 2.05) is 4.90 Å². The molecule has 6 rings (SSSR count). The van der Waals surface area contributed by atoms with Crippen molar-refractivity contribution in [2.24, 2.45) is 5.92 Å². The van der Waals surface area contributed by atoms with Crippen LogP contribution in [0.5, 0.6) is 0 Å². The minimum Gasteiger partial charge on any atom is -0.348 e. The molecule has 41 heavy (non-hydrogen) atoms. The van der Waals surface area contributed by atoms with Gasteiger partial charge in [-0.1, -0.05) is 24.3 Å². The number of hydrogen-bond acceptors (Lipinski definition) is 8. The van der Waals surface area contributed by atoms with E-state index in [4.69, 9.17) is 4.74 Å². The molecule has 1 aromatic rings. The first-order chi connectivity index (χ1) is 19.9. The number of amides is 1. The zero-order valence-electron chi connectivity index (χ0n) is 24.7. The van der Waals surface area contributed by atoms with Gasteiger partial charge in [-0.2, -0.15) is 5.26 Å². The molecule has 0 radical (unpaired) electrons. The van der Waals surface area contributed by atoms with Gasteiger partial charge in [0, 0.05) is 47.3 Å². The first-order valence-electron chi connectivity index (χ1n) is 15.5. The molecule has 1 spiro atoms. The van der Waals surface area contributed by atoms with Crippen LogP contribution in [0, 0.1) is 24.2 Å². The lowest BCUT2D eigenvalue weighted by atomic mass is 9.72. The first kappa shape index (κ1) is 29.2. The lowest BCUT2D eigenvalue weighted by Crippen LogP contribution is -2.72. The molecule has 1 aliphatic carbocycles. The number of nitrogens with one attached hydrogen (secondary N) is 2. The third-order valence-electron chi connectivity index (χ3n) is 10.3. The van der Waals surface area contributed by atoms with Crippen molar-refractivity contribution >= 4 is 17.7 Å². The van der Waals surface area contributed by atoms with Crippen LogP contribution in [0.2, 0.25) is 0 Å². The number of benzene rings is 1. The number of rotatable bonds is 6. The van der Waals surface area contributed by atoms with Crippen LogP contribution in [0.4, 0.5) is 0 Å². The van der Waals surface area contributed by atoms with E-state index >= 15 is 0 Å². The van der Waals surface area contributed by atoms with Crippen molar-refractivity contribution in [1.29, 1.82) is 5.26 Å². The summed E-state index contributed by atoms with van der Waals surface area (Å²) in [6.45, 7) is 9.84. The molecule has 0 aromatic heterocycles. The fraction of sp³-hybridized carbons (Fsp3) is 0.688. The number of likely N-dealkylation sites (tertiary alicyclic amines) is 1. The van der Waals surface area contributed by atoms with Crippen molar-refractivity contribution in [1.82, 2.24) is 25.3 Å². The van der Waals surface area contributed by atoms with Gasteiger partial charge in [-0.3, -0.25) is 20.3 Å². The van der Waals surface area contributed by atoms with Crippen LogP contribution in [-0.4, -0.2) is 95.8 Å². The maximum absolute atomic E-state index is 12.6. The van der Waals surface area contributed by atoms with Gasteiger partial charge in [-0.25, -0.2) is 0 Å². The lowest BCUT2D eigenvalue weighted by molar-refractivity contribution is -0.135. The molecule has 4 aliphatic heterocycles. The molecule has 5 aliphatic rings. The molecule has 8 nitrogen and oxygen atoms in total. The highest BCUT2D eigenvalue weighted by atomic mass is 32.2. The largest absolute Gasteiger partial charge is 0.348 e. The van der Waals surface area contributed by atoms with Crippen LogP contribution in [-0.2, 0) is 16.0 Å². The number of nitriles is 1. The molecule has 6 unspecified atom stereocenters. The SMILES string of the molecule is C=CC(=O)N1CCN(C2NC(OCC3CCCN3C)NC3C[C@]4(CCc5cc(C)ccc5S4)CCC32)CC1CC#N. The Bertz CT molecular complexity index is 1170. The molecule has 0 bridgehead atoms. The molecule has 222 valence electrons. The molecule has 4 heterocycles. The quantitative estimate of drug-likeness (QED) is 0.497. The average Bonchev–Trinajstić information content (AvgIpc) is 3.39. The van der Waals surface area contributed by atoms with E-state index in [9.17, 15) is 10.1 Å². The van der Waals surface area contributed by atoms with Crippen LogP contribution in [0.25, 0.3) is 0 Å². The molecule has 7 atom stereocenters. The highest BCUT2D eigenvalue weighted by Crippen LogP contribution is 2.53. The zero-order valence-corrected chi connectivity index (χ0v) is 25.5. The second-order valence-corrected chi connectivity index (χ2v) is 14.4. The molecule has 2 N–H and O–H groups in total. The molecule has 3 saturated heterocycles. The molecule has 1 amide bonds. The Kier molecular flexibility index (Phi) is 8.79. The number of aryl methyl sites for hydroxylation is 2. The molecular weight excluding hydrogens is 532 g/mol. The van der Waals surface area contributed by atoms with E-state index in [0.717, 1.165) is 39.0 Å². The monoisotopic (exact) mass is 578 g/mol. The van der Waals surface area contributed by atoms with E-state index in [2.05, 4.69) is 77.0 Å². The first-order valence-corrected chi connectivity index (χ1v) is 16.4. The lowest BCUT2D eigenvalue weighted by Gasteiger charge is -2.56. The summed E-state index contributed by atoms with van der Waals surface area (Å²) in [5, 5.41) is 17.3. The summed E-state index contributed by atoms with van der Waals surface area (Å²) in [4.78, 5) is 20.8. The number of carbonyl (C=O) groups is 1. The number of ether oxygens (including phenoxy) is 1. The van der Waals surface area contributed by atoms with Gasteiger partial charge in [-0.15, -0.1) is 11.8 Å². The Morgan fingerprint density at radius 1 is 1.24 bits per heavy atom. The second-order valence-electron chi connectivity index (χ2n) is 12.9. The van der Waals surface area contributed by atoms with Crippen molar-refractivity contribution < 1.29 is 9.53 Å². The van der Waals surface area contributed by atoms with Crippen molar-refractivity contribution in [3.63, 3.8) is 0 Å². The minimum absolute atomic E-state index is 0.0765. The number of thioether (sulfide) groups is 1. The summed E-state index contributed by atoms with van der Waals surface area (Å²) in [7, 11) is 2.20. The Hall–Kier alpha value is -1.93. The number of piperazine rings is 1. The fourth-order valence-electron chi connectivity index (χ4n) is 8.03. The van der Waals surface area contributed by atoms with Gasteiger partial charge < -0.3 is 14.5 Å². The number of fused-ring (bicyclic) bond motifs is 2. The predicted octanol–water partition coefficient (Wildman–Crippen LogP) is 3.47. The van der Waals surface area contributed by atoms with Crippen LogP contribution < -0.4 is 10.6 Å². The summed E-state index contributed by atoms with van der Waals surface area (Å²) in [6, 6.07) is 9.99. The third kappa shape index (κ3) is 6.11. The van der Waals surface area contributed by atoms with E-state index in [-0.39, 0.29) is 29.2 Å². The number of hydrogen-bond donors (Lipinski definition) is 2. The van der Waals surface area contributed by atoms with Gasteiger partial charge in [0.25, 0.3) is 0 Å². The fourth-order valence-corrected chi connectivity index (χ4v) is 9.61. The topological polar surface area (TPSA) is 83.9 Å². The standard InChI is InChI=1S/C32H46N6O2S/c1-4-29(39)38-17-16-37(20-24(38)11-14-33)30-26-10-13-32(12-9-23-18-22(2)7-8-28(23)41-32)19-27(26)34-31(35-30)40-21-25-6-5-15-36(25)3/h4,7-8,18,24-27,30-31,34-35H,1,5-6,9-13,15-17,19-21H2,2-3H3/t24?,25?,26?,27?,30?,31?,32-/m0/s1. The van der Waals surface area contributed by atoms with Gasteiger partial charge in [0.15, 0.2) is 6.35 Å². The second kappa shape index (κ2) is 12.4. The molecule has 1 aromatic carbocycles. The normalized spacial score (nSPS) is 36.0. The summed E-state index contributed by atoms with van der Waals surface area (Å²) >= 11 is 2.12. The summed E-state index contributed by atoms with van der Waals surface area (Å²) < 4.78 is 6.83. The van der Waals surface area contributed by atoms with Gasteiger partial charge in [0.2, 0.25) is 5.91 Å². The van der Waals surface area contributed by atoms with Crippen LogP contribution in [0.1, 0.15) is 56.1 Å². The molecule has 9 heteroatoms. The Labute approximate surface area is 249 Å². The van der Waals surface area contributed by atoms with Crippen LogP contribution >= 0.6 is 11.8 Å². The predicted molar refractivity (Wildman–Crippen MR) is 162 cm³/mol. The number of nitrogens with zero attached hydrogens (tertiary/aromatic N) is 4. The average molecular weight is 579 g/mol. The van der Waals surface area contributed by atoms with Crippen molar-refractivity contribution in [2.75, 3.05) is 39.8 Å². The maximum atomic E-state index is 12.6. The van der Waals surface area contributed by atoms with Crippen molar-refractivity contribution in [3.8, 4) is 6.07 Å². The number of likely N-dealkylation sites (N-methyl/N-ethyl adjacent to an activating group) is 1.